The molecule has 1 aliphatic heterocycles. The van der Waals surface area contributed by atoms with Crippen molar-refractivity contribution in [2.45, 2.75) is 12.2 Å². The number of amides is 2. The lowest BCUT2D eigenvalue weighted by Gasteiger charge is -2.26. The maximum atomic E-state index is 12.8. The van der Waals surface area contributed by atoms with E-state index in [9.17, 15) is 22.8 Å². The number of halogens is 1. The third-order valence-corrected chi connectivity index (χ3v) is 6.91. The van der Waals surface area contributed by atoms with Gasteiger partial charge in [0, 0.05) is 23.3 Å². The number of hydrogen-bond acceptors (Lipinski definition) is 6. The Morgan fingerprint density at radius 1 is 1.20 bits per heavy atom. The number of carbonyl (C=O) groups excluding carboxylic acids is 3. The van der Waals surface area contributed by atoms with E-state index < -0.39 is 32.5 Å². The molecule has 0 saturated carbocycles. The van der Waals surface area contributed by atoms with Gasteiger partial charge in [-0.1, -0.05) is 11.6 Å². The summed E-state index contributed by atoms with van der Waals surface area (Å²) >= 11 is 5.78. The van der Waals surface area contributed by atoms with Gasteiger partial charge >= 0.3 is 0 Å². The van der Waals surface area contributed by atoms with E-state index in [0.717, 1.165) is 0 Å². The first-order valence-electron chi connectivity index (χ1n) is 8.93. The fraction of sp³-hybridized carbons (Fsp3) is 0.250. The zero-order valence-corrected chi connectivity index (χ0v) is 17.8. The van der Waals surface area contributed by atoms with Crippen LogP contribution in [0.15, 0.2) is 42.5 Å². The van der Waals surface area contributed by atoms with Crippen molar-refractivity contribution < 1.29 is 27.5 Å². The molecule has 0 aromatic heterocycles. The van der Waals surface area contributed by atoms with Gasteiger partial charge in [-0.2, -0.15) is 0 Å². The molecule has 8 nitrogen and oxygen atoms in total. The Bertz CT molecular complexity index is 1110. The molecular weight excluding hydrogens is 432 g/mol. The summed E-state index contributed by atoms with van der Waals surface area (Å²) in [5.41, 5.74) is 0.872. The minimum absolute atomic E-state index is 0.105. The Hall–Kier alpha value is -2.91. The summed E-state index contributed by atoms with van der Waals surface area (Å²) in [6.07, 6.45) is 0. The molecule has 158 valence electrons. The second kappa shape index (κ2) is 8.45. The SMILES string of the molecule is CC(C(=O)c1ccc2c(c1)N(C)C(=O)CO2)S(=O)(=O)CC(=O)Nc1ccc(Cl)cc1. The smallest absolute Gasteiger partial charge is 0.264 e. The molecule has 0 radical (unpaired) electrons. The predicted molar refractivity (Wildman–Crippen MR) is 113 cm³/mol. The van der Waals surface area contributed by atoms with Gasteiger partial charge in [-0.3, -0.25) is 14.4 Å². The lowest BCUT2D eigenvalue weighted by molar-refractivity contribution is -0.121. The van der Waals surface area contributed by atoms with Crippen LogP contribution in [0, 0.1) is 0 Å². The van der Waals surface area contributed by atoms with E-state index in [1.165, 1.54) is 42.2 Å². The van der Waals surface area contributed by atoms with Crippen molar-refractivity contribution in [3.8, 4) is 5.75 Å². The van der Waals surface area contributed by atoms with Gasteiger partial charge in [-0.05, 0) is 49.4 Å². The molecule has 2 amide bonds. The van der Waals surface area contributed by atoms with Crippen LogP contribution in [0.3, 0.4) is 0 Å². The Balaban J connectivity index is 1.73. The average Bonchev–Trinajstić information content (AvgIpc) is 2.70. The zero-order chi connectivity index (χ0) is 22.1. The monoisotopic (exact) mass is 450 g/mol. The lowest BCUT2D eigenvalue weighted by Crippen LogP contribution is -2.36. The molecule has 2 aromatic carbocycles. The summed E-state index contributed by atoms with van der Waals surface area (Å²) in [4.78, 5) is 38.1. The molecule has 30 heavy (non-hydrogen) atoms. The standard InChI is InChI=1S/C20H19ClN2O6S/c1-12(30(27,28)11-18(24)22-15-6-4-14(21)5-7-15)20(26)13-3-8-17-16(9-13)23(2)19(25)10-29-17/h3-9,12H,10-11H2,1-2H3,(H,22,24). The van der Waals surface area contributed by atoms with Crippen LogP contribution in [-0.4, -0.2) is 50.7 Å². The number of fused-ring (bicyclic) bond motifs is 1. The highest BCUT2D eigenvalue weighted by atomic mass is 35.5. The van der Waals surface area contributed by atoms with Gasteiger partial charge in [0.1, 0.15) is 16.8 Å². The van der Waals surface area contributed by atoms with Crippen LogP contribution in [0.2, 0.25) is 5.02 Å². The number of carbonyl (C=O) groups is 3. The first kappa shape index (κ1) is 21.8. The van der Waals surface area contributed by atoms with Crippen LogP contribution in [0.5, 0.6) is 5.75 Å². The van der Waals surface area contributed by atoms with Crippen molar-refractivity contribution in [2.24, 2.45) is 0 Å². The fourth-order valence-corrected chi connectivity index (χ4v) is 4.14. The predicted octanol–water partition coefficient (Wildman–Crippen LogP) is 2.32. The first-order chi connectivity index (χ1) is 14.1. The number of rotatable bonds is 6. The van der Waals surface area contributed by atoms with E-state index in [0.29, 0.717) is 22.1 Å². The number of ether oxygens (including phenoxy) is 1. The van der Waals surface area contributed by atoms with E-state index in [1.54, 1.807) is 19.2 Å². The normalized spacial score (nSPS) is 14.5. The number of hydrogen-bond donors (Lipinski definition) is 1. The largest absolute Gasteiger partial charge is 0.482 e. The zero-order valence-electron chi connectivity index (χ0n) is 16.2. The summed E-state index contributed by atoms with van der Waals surface area (Å²) in [7, 11) is -2.54. The summed E-state index contributed by atoms with van der Waals surface area (Å²) in [5, 5.41) is 1.49. The number of sulfone groups is 1. The second-order valence-electron chi connectivity index (χ2n) is 6.79. The molecular formula is C20H19ClN2O6S. The van der Waals surface area contributed by atoms with Crippen molar-refractivity contribution in [3.63, 3.8) is 0 Å². The van der Waals surface area contributed by atoms with Gasteiger partial charge in [0.05, 0.1) is 5.69 Å². The maximum Gasteiger partial charge on any atom is 0.264 e. The molecule has 1 atom stereocenters. The molecule has 3 rings (SSSR count). The van der Waals surface area contributed by atoms with Crippen LogP contribution < -0.4 is 15.0 Å². The van der Waals surface area contributed by atoms with Crippen molar-refractivity contribution >= 4 is 50.4 Å². The number of anilines is 2. The van der Waals surface area contributed by atoms with E-state index >= 15 is 0 Å². The lowest BCUT2D eigenvalue weighted by atomic mass is 10.1. The number of benzene rings is 2. The average molecular weight is 451 g/mol. The van der Waals surface area contributed by atoms with Gasteiger partial charge in [-0.25, -0.2) is 8.42 Å². The van der Waals surface area contributed by atoms with Crippen molar-refractivity contribution in [1.29, 1.82) is 0 Å². The number of Topliss-reactive ketones (excluding diaryl/α,β-unsaturated/α-hetero) is 1. The van der Waals surface area contributed by atoms with Crippen molar-refractivity contribution in [1.82, 2.24) is 0 Å². The Labute approximate surface area is 178 Å². The molecule has 1 aliphatic rings. The van der Waals surface area contributed by atoms with Crippen molar-refractivity contribution in [3.05, 3.63) is 53.1 Å². The number of likely N-dealkylation sites (N-methyl/N-ethyl adjacent to an activating group) is 1. The highest BCUT2D eigenvalue weighted by molar-refractivity contribution is 7.93. The van der Waals surface area contributed by atoms with Gasteiger partial charge in [0.2, 0.25) is 5.91 Å². The quantitative estimate of drug-likeness (QED) is 0.676. The molecule has 1 N–H and O–H groups in total. The third-order valence-electron chi connectivity index (χ3n) is 4.70. The van der Waals surface area contributed by atoms with E-state index in [4.69, 9.17) is 16.3 Å². The van der Waals surface area contributed by atoms with Crippen LogP contribution in [0.25, 0.3) is 0 Å². The van der Waals surface area contributed by atoms with Gasteiger partial charge < -0.3 is 15.0 Å². The maximum absolute atomic E-state index is 12.8. The highest BCUT2D eigenvalue weighted by Gasteiger charge is 2.32. The third kappa shape index (κ3) is 4.63. The molecule has 0 saturated heterocycles. The minimum atomic E-state index is -4.08. The van der Waals surface area contributed by atoms with Gasteiger partial charge in [0.25, 0.3) is 5.91 Å². The topological polar surface area (TPSA) is 110 Å². The Morgan fingerprint density at radius 3 is 2.53 bits per heavy atom. The molecule has 0 spiro atoms. The first-order valence-corrected chi connectivity index (χ1v) is 11.0. The molecule has 2 aromatic rings. The highest BCUT2D eigenvalue weighted by Crippen LogP contribution is 2.32. The van der Waals surface area contributed by atoms with Crippen molar-refractivity contribution in [2.75, 3.05) is 29.6 Å². The molecule has 1 heterocycles. The summed E-state index contributed by atoms with van der Waals surface area (Å²) < 4.78 is 30.5. The number of nitrogens with one attached hydrogen (secondary N) is 1. The molecule has 0 fully saturated rings. The Kier molecular flexibility index (Phi) is 6.14. The molecule has 0 aliphatic carbocycles. The second-order valence-corrected chi connectivity index (χ2v) is 9.55. The number of ketones is 1. The van der Waals surface area contributed by atoms with Crippen LogP contribution in [0.1, 0.15) is 17.3 Å². The van der Waals surface area contributed by atoms with Crippen LogP contribution in [0.4, 0.5) is 11.4 Å². The summed E-state index contributed by atoms with van der Waals surface area (Å²) in [6.45, 7) is 1.13. The molecule has 1 unspecified atom stereocenters. The fourth-order valence-electron chi connectivity index (χ4n) is 2.86. The van der Waals surface area contributed by atoms with E-state index in [1.807, 2.05) is 0 Å². The van der Waals surface area contributed by atoms with Crippen LogP contribution >= 0.6 is 11.6 Å². The summed E-state index contributed by atoms with van der Waals surface area (Å²) in [5.74, 6) is -2.16. The van der Waals surface area contributed by atoms with Gasteiger partial charge in [-0.15, -0.1) is 0 Å². The van der Waals surface area contributed by atoms with Crippen LogP contribution in [-0.2, 0) is 19.4 Å². The number of nitrogens with zero attached hydrogens (tertiary/aromatic N) is 1. The van der Waals surface area contributed by atoms with E-state index in [2.05, 4.69) is 5.32 Å². The minimum Gasteiger partial charge on any atom is -0.482 e. The van der Waals surface area contributed by atoms with E-state index in [-0.39, 0.29) is 18.1 Å². The molecule has 0 bridgehead atoms. The van der Waals surface area contributed by atoms with Gasteiger partial charge in [0.15, 0.2) is 22.2 Å². The summed E-state index contributed by atoms with van der Waals surface area (Å²) in [6, 6.07) is 10.5. The Morgan fingerprint density at radius 2 is 1.87 bits per heavy atom. The molecule has 10 heteroatoms.